The molecule has 0 aromatic carbocycles. The van der Waals surface area contributed by atoms with Crippen molar-refractivity contribution in [2.45, 2.75) is 38.8 Å². The van der Waals surface area contributed by atoms with Crippen LogP contribution in [0.25, 0.3) is 0 Å². The van der Waals surface area contributed by atoms with E-state index in [1.165, 1.54) is 0 Å². The maximum Gasteiger partial charge on any atom is 0.303 e. The van der Waals surface area contributed by atoms with E-state index in [1.807, 2.05) is 13.8 Å². The molecule has 0 saturated heterocycles. The molecule has 2 unspecified atom stereocenters. The molecule has 6 nitrogen and oxygen atoms in total. The van der Waals surface area contributed by atoms with Crippen LogP contribution in [0.3, 0.4) is 0 Å². The molecule has 2 atom stereocenters. The van der Waals surface area contributed by atoms with Gasteiger partial charge in [-0.05, 0) is 12.3 Å². The summed E-state index contributed by atoms with van der Waals surface area (Å²) >= 11 is 0. The molecule has 16 heavy (non-hydrogen) atoms. The van der Waals surface area contributed by atoms with E-state index in [2.05, 4.69) is 5.32 Å². The maximum atomic E-state index is 11.3. The number of aliphatic carboxylic acids is 1. The zero-order valence-corrected chi connectivity index (χ0v) is 9.64. The number of carboxylic acid groups (broad SMARTS) is 1. The van der Waals surface area contributed by atoms with E-state index in [0.29, 0.717) is 0 Å². The van der Waals surface area contributed by atoms with Crippen molar-refractivity contribution in [1.82, 2.24) is 5.32 Å². The van der Waals surface area contributed by atoms with Crippen LogP contribution in [0.1, 0.15) is 26.7 Å². The van der Waals surface area contributed by atoms with Crippen LogP contribution < -0.4 is 11.1 Å². The fourth-order valence-corrected chi connectivity index (χ4v) is 0.982. The number of hydrogen-bond donors (Lipinski definition) is 4. The third kappa shape index (κ3) is 6.36. The standard InChI is InChI=1S/C10H20N2O4/c1-6(2)8(13)5-12-10(16)7(11)3-4-9(14)15/h6-8,13H,3-5,11H2,1-2H3,(H,12,16)(H,14,15). The van der Waals surface area contributed by atoms with E-state index in [0.717, 1.165) is 0 Å². The van der Waals surface area contributed by atoms with Gasteiger partial charge in [0.2, 0.25) is 5.91 Å². The Kier molecular flexibility index (Phi) is 6.67. The largest absolute Gasteiger partial charge is 0.481 e. The molecule has 6 heteroatoms. The normalized spacial score (nSPS) is 14.6. The van der Waals surface area contributed by atoms with Crippen LogP contribution in [0.5, 0.6) is 0 Å². The molecule has 0 spiro atoms. The summed E-state index contributed by atoms with van der Waals surface area (Å²) in [5, 5.41) is 20.3. The molecule has 0 aromatic heterocycles. The van der Waals surface area contributed by atoms with Crippen LogP contribution in [0, 0.1) is 5.92 Å². The summed E-state index contributed by atoms with van der Waals surface area (Å²) < 4.78 is 0. The predicted octanol–water partition coefficient (Wildman–Crippen LogP) is -0.688. The number of aliphatic hydroxyl groups excluding tert-OH is 1. The smallest absolute Gasteiger partial charge is 0.303 e. The van der Waals surface area contributed by atoms with Crippen LogP contribution in [-0.2, 0) is 9.59 Å². The van der Waals surface area contributed by atoms with Gasteiger partial charge in [-0.1, -0.05) is 13.8 Å². The van der Waals surface area contributed by atoms with Crippen LogP contribution in [-0.4, -0.2) is 40.8 Å². The molecular formula is C10H20N2O4. The summed E-state index contributed by atoms with van der Waals surface area (Å²) in [6.07, 6.45) is -0.657. The number of hydrogen-bond acceptors (Lipinski definition) is 4. The minimum absolute atomic E-state index is 0.0514. The molecule has 0 aliphatic carbocycles. The maximum absolute atomic E-state index is 11.3. The number of amides is 1. The number of nitrogens with two attached hydrogens (primary N) is 1. The molecule has 0 aliphatic rings. The molecule has 94 valence electrons. The highest BCUT2D eigenvalue weighted by molar-refractivity contribution is 5.82. The molecule has 0 aliphatic heterocycles. The zero-order chi connectivity index (χ0) is 12.7. The first kappa shape index (κ1) is 14.9. The molecule has 0 aromatic rings. The lowest BCUT2D eigenvalue weighted by atomic mass is 10.1. The van der Waals surface area contributed by atoms with E-state index in [1.54, 1.807) is 0 Å². The minimum atomic E-state index is -0.981. The molecule has 5 N–H and O–H groups in total. The highest BCUT2D eigenvalue weighted by Crippen LogP contribution is 2.00. The summed E-state index contributed by atoms with van der Waals surface area (Å²) in [5.41, 5.74) is 5.47. The van der Waals surface area contributed by atoms with Crippen molar-refractivity contribution in [1.29, 1.82) is 0 Å². The molecule has 0 rings (SSSR count). The second kappa shape index (κ2) is 7.19. The Morgan fingerprint density at radius 2 is 1.94 bits per heavy atom. The van der Waals surface area contributed by atoms with Crippen molar-refractivity contribution in [3.05, 3.63) is 0 Å². The number of carbonyl (C=O) groups excluding carboxylic acids is 1. The van der Waals surface area contributed by atoms with Crippen LogP contribution in [0.15, 0.2) is 0 Å². The van der Waals surface area contributed by atoms with Gasteiger partial charge < -0.3 is 21.3 Å². The van der Waals surface area contributed by atoms with Gasteiger partial charge in [0.1, 0.15) is 0 Å². The van der Waals surface area contributed by atoms with E-state index in [4.69, 9.17) is 10.8 Å². The third-order valence-corrected chi connectivity index (χ3v) is 2.26. The average Bonchev–Trinajstić information content (AvgIpc) is 2.21. The van der Waals surface area contributed by atoms with E-state index in [9.17, 15) is 14.7 Å². The first-order valence-corrected chi connectivity index (χ1v) is 5.27. The Morgan fingerprint density at radius 3 is 2.38 bits per heavy atom. The lowest BCUT2D eigenvalue weighted by Gasteiger charge is -2.17. The molecular weight excluding hydrogens is 212 g/mol. The van der Waals surface area contributed by atoms with Crippen LogP contribution >= 0.6 is 0 Å². The Bertz CT molecular complexity index is 243. The molecule has 0 fully saturated rings. The summed E-state index contributed by atoms with van der Waals surface area (Å²) in [7, 11) is 0. The summed E-state index contributed by atoms with van der Waals surface area (Å²) in [6.45, 7) is 3.81. The first-order chi connectivity index (χ1) is 7.34. The number of carboxylic acids is 1. The predicted molar refractivity (Wildman–Crippen MR) is 58.7 cm³/mol. The quantitative estimate of drug-likeness (QED) is 0.464. The van der Waals surface area contributed by atoms with Gasteiger partial charge in [0, 0.05) is 13.0 Å². The average molecular weight is 232 g/mol. The highest BCUT2D eigenvalue weighted by atomic mass is 16.4. The van der Waals surface area contributed by atoms with Gasteiger partial charge >= 0.3 is 5.97 Å². The number of carbonyl (C=O) groups is 2. The fraction of sp³-hybridized carbons (Fsp3) is 0.800. The molecule has 0 heterocycles. The fourth-order valence-electron chi connectivity index (χ4n) is 0.982. The summed E-state index contributed by atoms with van der Waals surface area (Å²) in [5.74, 6) is -1.36. The molecule has 1 amide bonds. The number of nitrogens with one attached hydrogen (secondary N) is 1. The van der Waals surface area contributed by atoms with E-state index >= 15 is 0 Å². The lowest BCUT2D eigenvalue weighted by Crippen LogP contribution is -2.44. The van der Waals surface area contributed by atoms with E-state index in [-0.39, 0.29) is 25.3 Å². The van der Waals surface area contributed by atoms with Gasteiger partial charge in [0.05, 0.1) is 12.1 Å². The Morgan fingerprint density at radius 1 is 1.38 bits per heavy atom. The van der Waals surface area contributed by atoms with Crippen molar-refractivity contribution in [3.63, 3.8) is 0 Å². The van der Waals surface area contributed by atoms with E-state index < -0.39 is 24.0 Å². The molecule has 0 saturated carbocycles. The Balaban J connectivity index is 3.83. The Hall–Kier alpha value is -1.14. The summed E-state index contributed by atoms with van der Waals surface area (Å²) in [6, 6.07) is -0.838. The molecule has 0 radical (unpaired) electrons. The van der Waals surface area contributed by atoms with Gasteiger partial charge in [-0.25, -0.2) is 0 Å². The second-order valence-corrected chi connectivity index (χ2v) is 4.10. The number of rotatable bonds is 7. The summed E-state index contributed by atoms with van der Waals surface area (Å²) in [4.78, 5) is 21.6. The monoisotopic (exact) mass is 232 g/mol. The Labute approximate surface area is 94.8 Å². The zero-order valence-electron chi connectivity index (χ0n) is 9.64. The van der Waals surface area contributed by atoms with Gasteiger partial charge in [0.15, 0.2) is 0 Å². The first-order valence-electron chi connectivity index (χ1n) is 5.27. The van der Waals surface area contributed by atoms with Crippen molar-refractivity contribution >= 4 is 11.9 Å². The lowest BCUT2D eigenvalue weighted by molar-refractivity contribution is -0.137. The van der Waals surface area contributed by atoms with Gasteiger partial charge in [-0.2, -0.15) is 0 Å². The van der Waals surface area contributed by atoms with Crippen molar-refractivity contribution in [2.75, 3.05) is 6.54 Å². The van der Waals surface area contributed by atoms with Gasteiger partial charge in [0.25, 0.3) is 0 Å². The SMILES string of the molecule is CC(C)C(O)CNC(=O)C(N)CCC(=O)O. The third-order valence-electron chi connectivity index (χ3n) is 2.26. The van der Waals surface area contributed by atoms with Gasteiger partial charge in [-0.15, -0.1) is 0 Å². The second-order valence-electron chi connectivity index (χ2n) is 4.10. The van der Waals surface area contributed by atoms with Crippen molar-refractivity contribution < 1.29 is 19.8 Å². The topological polar surface area (TPSA) is 113 Å². The van der Waals surface area contributed by atoms with Crippen LogP contribution in [0.4, 0.5) is 0 Å². The van der Waals surface area contributed by atoms with Crippen molar-refractivity contribution in [3.8, 4) is 0 Å². The van der Waals surface area contributed by atoms with Gasteiger partial charge in [-0.3, -0.25) is 9.59 Å². The minimum Gasteiger partial charge on any atom is -0.481 e. The number of aliphatic hydroxyl groups is 1. The highest BCUT2D eigenvalue weighted by Gasteiger charge is 2.16. The van der Waals surface area contributed by atoms with Crippen molar-refractivity contribution in [2.24, 2.45) is 11.7 Å². The van der Waals surface area contributed by atoms with Crippen LogP contribution in [0.2, 0.25) is 0 Å². The molecule has 0 bridgehead atoms.